The van der Waals surface area contributed by atoms with Crippen LogP contribution in [0.3, 0.4) is 0 Å². The summed E-state index contributed by atoms with van der Waals surface area (Å²) < 4.78 is 5.17. The van der Waals surface area contributed by atoms with E-state index in [9.17, 15) is 4.79 Å². The second kappa shape index (κ2) is 5.90. The highest BCUT2D eigenvalue weighted by Gasteiger charge is 2.20. The molecular weight excluding hydrogens is 282 g/mol. The van der Waals surface area contributed by atoms with Gasteiger partial charge in [-0.2, -0.15) is 0 Å². The Morgan fingerprint density at radius 1 is 1.38 bits per heavy atom. The van der Waals surface area contributed by atoms with Crippen molar-refractivity contribution in [1.29, 1.82) is 0 Å². The molecule has 0 spiro atoms. The smallest absolute Gasteiger partial charge is 0.265 e. The Morgan fingerprint density at radius 3 is 3.05 bits per heavy atom. The number of benzene rings is 1. The summed E-state index contributed by atoms with van der Waals surface area (Å²) >= 11 is 1.63. The number of hydrogen-bond acceptors (Lipinski definition) is 3. The molecular formula is C17H19NO2S. The normalized spacial score (nSPS) is 17.1. The molecule has 1 aromatic heterocycles. The van der Waals surface area contributed by atoms with Gasteiger partial charge in [0.15, 0.2) is 0 Å². The molecule has 0 saturated heterocycles. The molecule has 4 heteroatoms. The third-order valence-electron chi connectivity index (χ3n) is 3.88. The van der Waals surface area contributed by atoms with Crippen molar-refractivity contribution < 1.29 is 9.53 Å². The number of aryl methyl sites for hydroxylation is 1. The summed E-state index contributed by atoms with van der Waals surface area (Å²) in [5.41, 5.74) is 2.12. The molecule has 0 fully saturated rings. The molecule has 1 aliphatic carbocycles. The van der Waals surface area contributed by atoms with Gasteiger partial charge in [0.05, 0.1) is 12.0 Å². The molecule has 1 amide bonds. The second-order valence-corrected chi connectivity index (χ2v) is 6.73. The van der Waals surface area contributed by atoms with Crippen molar-refractivity contribution in [2.24, 2.45) is 5.92 Å². The van der Waals surface area contributed by atoms with Crippen molar-refractivity contribution in [3.8, 4) is 5.75 Å². The highest BCUT2D eigenvalue weighted by Crippen LogP contribution is 2.32. The van der Waals surface area contributed by atoms with Crippen LogP contribution in [0.4, 0.5) is 5.69 Å². The lowest BCUT2D eigenvalue weighted by Crippen LogP contribution is -2.10. The van der Waals surface area contributed by atoms with Gasteiger partial charge >= 0.3 is 0 Å². The van der Waals surface area contributed by atoms with Crippen LogP contribution < -0.4 is 10.1 Å². The molecule has 1 aromatic carbocycles. The molecule has 1 atom stereocenters. The van der Waals surface area contributed by atoms with Gasteiger partial charge in [0, 0.05) is 16.6 Å². The first-order chi connectivity index (χ1) is 10.2. The van der Waals surface area contributed by atoms with Crippen LogP contribution in [-0.2, 0) is 12.8 Å². The topological polar surface area (TPSA) is 38.3 Å². The fraction of sp³-hybridized carbons (Fsp3) is 0.353. The fourth-order valence-corrected chi connectivity index (χ4v) is 3.81. The lowest BCUT2D eigenvalue weighted by molar-refractivity contribution is 0.103. The highest BCUT2D eigenvalue weighted by molar-refractivity contribution is 7.14. The number of carbonyl (C=O) groups is 1. The standard InChI is InChI=1S/C17H19NO2S/c1-11-6-7-15-12(8-11)9-16(21-15)17(19)18-13-4-3-5-14(10-13)20-2/h3-5,9-11H,6-8H2,1-2H3,(H,18,19). The average Bonchev–Trinajstić information content (AvgIpc) is 2.90. The lowest BCUT2D eigenvalue weighted by Gasteiger charge is -2.16. The molecule has 1 aliphatic rings. The molecule has 21 heavy (non-hydrogen) atoms. The van der Waals surface area contributed by atoms with Crippen molar-refractivity contribution in [3.63, 3.8) is 0 Å². The molecule has 0 bridgehead atoms. The summed E-state index contributed by atoms with van der Waals surface area (Å²) in [6, 6.07) is 9.49. The van der Waals surface area contributed by atoms with E-state index in [0.717, 1.165) is 35.1 Å². The van der Waals surface area contributed by atoms with E-state index in [-0.39, 0.29) is 5.91 Å². The largest absolute Gasteiger partial charge is 0.497 e. The fourth-order valence-electron chi connectivity index (χ4n) is 2.71. The lowest BCUT2D eigenvalue weighted by atomic mass is 9.90. The summed E-state index contributed by atoms with van der Waals surface area (Å²) in [6.45, 7) is 2.27. The second-order valence-electron chi connectivity index (χ2n) is 5.59. The number of methoxy groups -OCH3 is 1. The minimum atomic E-state index is -0.0321. The summed E-state index contributed by atoms with van der Waals surface area (Å²) in [7, 11) is 1.62. The van der Waals surface area contributed by atoms with Gasteiger partial charge in [0.2, 0.25) is 0 Å². The van der Waals surface area contributed by atoms with Crippen molar-refractivity contribution in [2.45, 2.75) is 26.2 Å². The Hall–Kier alpha value is -1.81. The van der Waals surface area contributed by atoms with E-state index in [4.69, 9.17) is 4.74 Å². The number of hydrogen-bond donors (Lipinski definition) is 1. The third kappa shape index (κ3) is 3.10. The van der Waals surface area contributed by atoms with Crippen LogP contribution in [0.25, 0.3) is 0 Å². The van der Waals surface area contributed by atoms with Gasteiger partial charge in [-0.05, 0) is 48.9 Å². The van der Waals surface area contributed by atoms with E-state index in [2.05, 4.69) is 18.3 Å². The molecule has 3 rings (SSSR count). The van der Waals surface area contributed by atoms with E-state index in [1.165, 1.54) is 16.9 Å². The molecule has 3 nitrogen and oxygen atoms in total. The maximum Gasteiger partial charge on any atom is 0.265 e. The molecule has 1 N–H and O–H groups in total. The zero-order valence-electron chi connectivity index (χ0n) is 12.3. The zero-order chi connectivity index (χ0) is 14.8. The first kappa shape index (κ1) is 14.1. The Balaban J connectivity index is 1.76. The van der Waals surface area contributed by atoms with E-state index >= 15 is 0 Å². The number of thiophene rings is 1. The minimum absolute atomic E-state index is 0.0321. The maximum absolute atomic E-state index is 12.4. The van der Waals surface area contributed by atoms with Crippen LogP contribution in [-0.4, -0.2) is 13.0 Å². The van der Waals surface area contributed by atoms with Crippen LogP contribution in [0.1, 0.15) is 33.5 Å². The molecule has 2 aromatic rings. The summed E-state index contributed by atoms with van der Waals surface area (Å²) in [5, 5.41) is 2.94. The SMILES string of the molecule is COc1cccc(NC(=O)c2cc3c(s2)CCC(C)C3)c1. The molecule has 1 unspecified atom stereocenters. The number of nitrogens with one attached hydrogen (secondary N) is 1. The van der Waals surface area contributed by atoms with Gasteiger partial charge in [-0.3, -0.25) is 4.79 Å². The zero-order valence-corrected chi connectivity index (χ0v) is 13.1. The van der Waals surface area contributed by atoms with Gasteiger partial charge < -0.3 is 10.1 Å². The van der Waals surface area contributed by atoms with Crippen molar-refractivity contribution >= 4 is 22.9 Å². The van der Waals surface area contributed by atoms with Crippen LogP contribution in [0.2, 0.25) is 0 Å². The maximum atomic E-state index is 12.4. The quantitative estimate of drug-likeness (QED) is 0.925. The number of ether oxygens (including phenoxy) is 1. The molecule has 0 saturated carbocycles. The first-order valence-electron chi connectivity index (χ1n) is 7.22. The van der Waals surface area contributed by atoms with Crippen molar-refractivity contribution in [3.05, 3.63) is 45.6 Å². The van der Waals surface area contributed by atoms with E-state index < -0.39 is 0 Å². The highest BCUT2D eigenvalue weighted by atomic mass is 32.1. The predicted octanol–water partition coefficient (Wildman–Crippen LogP) is 4.13. The Kier molecular flexibility index (Phi) is 3.97. The minimum Gasteiger partial charge on any atom is -0.497 e. The first-order valence-corrected chi connectivity index (χ1v) is 8.04. The Morgan fingerprint density at radius 2 is 2.24 bits per heavy atom. The van der Waals surface area contributed by atoms with Crippen LogP contribution in [0.5, 0.6) is 5.75 Å². The number of rotatable bonds is 3. The van der Waals surface area contributed by atoms with Crippen molar-refractivity contribution in [1.82, 2.24) is 0 Å². The molecule has 0 radical (unpaired) electrons. The van der Waals surface area contributed by atoms with Gasteiger partial charge in [0.1, 0.15) is 5.75 Å². The Bertz CT molecular complexity index is 663. The number of amides is 1. The predicted molar refractivity (Wildman–Crippen MR) is 86.5 cm³/mol. The average molecular weight is 301 g/mol. The van der Waals surface area contributed by atoms with Crippen molar-refractivity contribution in [2.75, 3.05) is 12.4 Å². The van der Waals surface area contributed by atoms with Crippen LogP contribution in [0.15, 0.2) is 30.3 Å². The third-order valence-corrected chi connectivity index (χ3v) is 5.12. The van der Waals surface area contributed by atoms with Gasteiger partial charge in [-0.15, -0.1) is 11.3 Å². The molecule has 0 aliphatic heterocycles. The van der Waals surface area contributed by atoms with Gasteiger partial charge in [0.25, 0.3) is 5.91 Å². The summed E-state index contributed by atoms with van der Waals surface area (Å²) in [6.07, 6.45) is 3.43. The van der Waals surface area contributed by atoms with Crippen LogP contribution >= 0.6 is 11.3 Å². The Labute approximate surface area is 129 Å². The number of anilines is 1. The monoisotopic (exact) mass is 301 g/mol. The molecule has 1 heterocycles. The van der Waals surface area contributed by atoms with Crippen LogP contribution in [0, 0.1) is 5.92 Å². The van der Waals surface area contributed by atoms with Gasteiger partial charge in [-0.1, -0.05) is 13.0 Å². The van der Waals surface area contributed by atoms with E-state index in [1.54, 1.807) is 18.4 Å². The summed E-state index contributed by atoms with van der Waals surface area (Å²) in [5.74, 6) is 1.43. The molecule has 110 valence electrons. The summed E-state index contributed by atoms with van der Waals surface area (Å²) in [4.78, 5) is 14.6. The van der Waals surface area contributed by atoms with Gasteiger partial charge in [-0.25, -0.2) is 0 Å². The number of fused-ring (bicyclic) bond motifs is 1. The van der Waals surface area contributed by atoms with E-state index in [0.29, 0.717) is 0 Å². The number of carbonyl (C=O) groups excluding carboxylic acids is 1. The van der Waals surface area contributed by atoms with E-state index in [1.807, 2.05) is 24.3 Å².